The lowest BCUT2D eigenvalue weighted by Gasteiger charge is -2.06. The number of ether oxygens (including phenoxy) is 1. The molecular formula is C19H19N3O2. The van der Waals surface area contributed by atoms with Gasteiger partial charge in [-0.2, -0.15) is 5.10 Å². The number of aromatic nitrogens is 2. The zero-order valence-corrected chi connectivity index (χ0v) is 13.5. The number of hydrogen-bond donors (Lipinski definition) is 1. The van der Waals surface area contributed by atoms with E-state index in [9.17, 15) is 4.79 Å². The highest BCUT2D eigenvalue weighted by atomic mass is 16.5. The number of nitrogens with one attached hydrogen (secondary N) is 1. The van der Waals surface area contributed by atoms with E-state index < -0.39 is 0 Å². The molecule has 1 N–H and O–H groups in total. The SMILES string of the molecule is Cc1cccc(Cn2ccc(NC(=O)COc3ccccc3)n2)c1. The Morgan fingerprint density at radius 3 is 2.75 bits per heavy atom. The highest BCUT2D eigenvalue weighted by Gasteiger charge is 2.06. The number of amides is 1. The third kappa shape index (κ3) is 4.46. The van der Waals surface area contributed by atoms with Crippen molar-refractivity contribution >= 4 is 11.7 Å². The lowest BCUT2D eigenvalue weighted by atomic mass is 10.1. The van der Waals surface area contributed by atoms with Gasteiger partial charge in [0.15, 0.2) is 12.4 Å². The minimum absolute atomic E-state index is 0.0469. The molecule has 5 nitrogen and oxygen atoms in total. The van der Waals surface area contributed by atoms with Crippen LogP contribution in [0.3, 0.4) is 0 Å². The standard InChI is InChI=1S/C19H19N3O2/c1-15-6-5-7-16(12-15)13-22-11-10-18(21-22)20-19(23)14-24-17-8-3-2-4-9-17/h2-12H,13-14H2,1H3,(H,20,21,23). The van der Waals surface area contributed by atoms with Crippen LogP contribution in [-0.2, 0) is 11.3 Å². The minimum atomic E-state index is -0.236. The second-order valence-electron chi connectivity index (χ2n) is 5.54. The third-order valence-electron chi connectivity index (χ3n) is 3.45. The molecule has 122 valence electrons. The van der Waals surface area contributed by atoms with Gasteiger partial charge in [-0.15, -0.1) is 0 Å². The van der Waals surface area contributed by atoms with E-state index in [-0.39, 0.29) is 12.5 Å². The van der Waals surface area contributed by atoms with Gasteiger partial charge in [-0.3, -0.25) is 9.48 Å². The number of aryl methyl sites for hydroxylation is 1. The first-order chi connectivity index (χ1) is 11.7. The summed E-state index contributed by atoms with van der Waals surface area (Å²) in [7, 11) is 0. The largest absolute Gasteiger partial charge is 0.484 e. The molecule has 0 saturated heterocycles. The van der Waals surface area contributed by atoms with Gasteiger partial charge in [0.05, 0.1) is 6.54 Å². The van der Waals surface area contributed by atoms with Gasteiger partial charge in [0.2, 0.25) is 0 Å². The van der Waals surface area contributed by atoms with Gasteiger partial charge >= 0.3 is 0 Å². The number of benzene rings is 2. The number of anilines is 1. The molecule has 3 rings (SSSR count). The molecule has 3 aromatic rings. The first-order valence-corrected chi connectivity index (χ1v) is 7.76. The molecule has 1 heterocycles. The van der Waals surface area contributed by atoms with Crippen molar-refractivity contribution in [2.45, 2.75) is 13.5 Å². The molecule has 0 saturated carbocycles. The smallest absolute Gasteiger partial charge is 0.263 e. The van der Waals surface area contributed by atoms with Crippen LogP contribution in [-0.4, -0.2) is 22.3 Å². The van der Waals surface area contributed by atoms with Crippen molar-refractivity contribution in [3.05, 3.63) is 78.0 Å². The molecular weight excluding hydrogens is 302 g/mol. The molecule has 0 aliphatic rings. The fraction of sp³-hybridized carbons (Fsp3) is 0.158. The van der Waals surface area contributed by atoms with Gasteiger partial charge in [-0.25, -0.2) is 0 Å². The average Bonchev–Trinajstić information content (AvgIpc) is 3.01. The molecule has 5 heteroatoms. The van der Waals surface area contributed by atoms with Crippen LogP contribution in [0, 0.1) is 6.92 Å². The summed E-state index contributed by atoms with van der Waals surface area (Å²) in [6.07, 6.45) is 1.84. The Morgan fingerprint density at radius 2 is 1.96 bits per heavy atom. The summed E-state index contributed by atoms with van der Waals surface area (Å²) in [4.78, 5) is 11.9. The fourth-order valence-electron chi connectivity index (χ4n) is 2.36. The monoisotopic (exact) mass is 321 g/mol. The Kier molecular flexibility index (Phi) is 4.91. The molecule has 0 aliphatic carbocycles. The van der Waals surface area contributed by atoms with E-state index in [2.05, 4.69) is 35.5 Å². The zero-order valence-electron chi connectivity index (χ0n) is 13.5. The number of hydrogen-bond acceptors (Lipinski definition) is 3. The minimum Gasteiger partial charge on any atom is -0.484 e. The van der Waals surface area contributed by atoms with Gasteiger partial charge in [-0.05, 0) is 24.6 Å². The van der Waals surface area contributed by atoms with Crippen molar-refractivity contribution in [3.8, 4) is 5.75 Å². The number of nitrogens with zero attached hydrogens (tertiary/aromatic N) is 2. The molecule has 0 aliphatic heterocycles. The van der Waals surface area contributed by atoms with Crippen LogP contribution in [0.25, 0.3) is 0 Å². The summed E-state index contributed by atoms with van der Waals surface area (Å²) in [6, 6.07) is 19.3. The van der Waals surface area contributed by atoms with Crippen molar-refractivity contribution in [3.63, 3.8) is 0 Å². The van der Waals surface area contributed by atoms with E-state index in [1.54, 1.807) is 10.7 Å². The molecule has 0 atom stereocenters. The van der Waals surface area contributed by atoms with Crippen LogP contribution in [0.15, 0.2) is 66.9 Å². The maximum Gasteiger partial charge on any atom is 0.263 e. The molecule has 24 heavy (non-hydrogen) atoms. The predicted octanol–water partition coefficient (Wildman–Crippen LogP) is 3.26. The molecule has 1 amide bonds. The van der Waals surface area contributed by atoms with Crippen LogP contribution < -0.4 is 10.1 Å². The van der Waals surface area contributed by atoms with E-state index in [1.165, 1.54) is 11.1 Å². The van der Waals surface area contributed by atoms with Gasteiger partial charge in [0.25, 0.3) is 5.91 Å². The van der Waals surface area contributed by atoms with Crippen LogP contribution in [0.1, 0.15) is 11.1 Å². The molecule has 2 aromatic carbocycles. The van der Waals surface area contributed by atoms with E-state index >= 15 is 0 Å². The van der Waals surface area contributed by atoms with E-state index in [4.69, 9.17) is 4.74 Å². The quantitative estimate of drug-likeness (QED) is 0.758. The summed E-state index contributed by atoms with van der Waals surface area (Å²) >= 11 is 0. The Balaban J connectivity index is 1.53. The topological polar surface area (TPSA) is 56.2 Å². The summed E-state index contributed by atoms with van der Waals surface area (Å²) in [5.41, 5.74) is 2.38. The highest BCUT2D eigenvalue weighted by Crippen LogP contribution is 2.10. The molecule has 0 spiro atoms. The van der Waals surface area contributed by atoms with Crippen LogP contribution >= 0.6 is 0 Å². The Hall–Kier alpha value is -3.08. The van der Waals surface area contributed by atoms with E-state index in [1.807, 2.05) is 42.6 Å². The number of carbonyl (C=O) groups excluding carboxylic acids is 1. The summed E-state index contributed by atoms with van der Waals surface area (Å²) < 4.78 is 7.20. The molecule has 0 radical (unpaired) electrons. The third-order valence-corrected chi connectivity index (χ3v) is 3.45. The Labute approximate surface area is 140 Å². The van der Waals surface area contributed by atoms with Crippen LogP contribution in [0.2, 0.25) is 0 Å². The fourth-order valence-corrected chi connectivity index (χ4v) is 2.36. The van der Waals surface area contributed by atoms with Crippen molar-refractivity contribution in [2.24, 2.45) is 0 Å². The predicted molar refractivity (Wildman–Crippen MR) is 93.1 cm³/mol. The van der Waals surface area contributed by atoms with E-state index in [0.29, 0.717) is 18.1 Å². The average molecular weight is 321 g/mol. The van der Waals surface area contributed by atoms with E-state index in [0.717, 1.165) is 0 Å². The summed E-state index contributed by atoms with van der Waals surface area (Å²) in [6.45, 7) is 2.68. The first kappa shape index (κ1) is 15.8. The summed E-state index contributed by atoms with van der Waals surface area (Å²) in [5.74, 6) is 0.946. The first-order valence-electron chi connectivity index (χ1n) is 7.76. The second-order valence-corrected chi connectivity index (χ2v) is 5.54. The maximum atomic E-state index is 11.9. The molecule has 0 unspecified atom stereocenters. The number of carbonyl (C=O) groups is 1. The maximum absolute atomic E-state index is 11.9. The molecule has 1 aromatic heterocycles. The molecule has 0 bridgehead atoms. The van der Waals surface area contributed by atoms with Crippen molar-refractivity contribution in [1.29, 1.82) is 0 Å². The normalized spacial score (nSPS) is 10.4. The lowest BCUT2D eigenvalue weighted by Crippen LogP contribution is -2.20. The summed E-state index contributed by atoms with van der Waals surface area (Å²) in [5, 5.41) is 7.09. The van der Waals surface area contributed by atoms with Crippen molar-refractivity contribution in [2.75, 3.05) is 11.9 Å². The van der Waals surface area contributed by atoms with Crippen LogP contribution in [0.5, 0.6) is 5.75 Å². The van der Waals surface area contributed by atoms with Gasteiger partial charge in [-0.1, -0.05) is 48.0 Å². The zero-order chi connectivity index (χ0) is 16.8. The van der Waals surface area contributed by atoms with Crippen molar-refractivity contribution in [1.82, 2.24) is 9.78 Å². The van der Waals surface area contributed by atoms with Gasteiger partial charge < -0.3 is 10.1 Å². The Bertz CT molecular complexity index is 812. The van der Waals surface area contributed by atoms with Gasteiger partial charge in [0, 0.05) is 12.3 Å². The second kappa shape index (κ2) is 7.46. The number of para-hydroxylation sites is 1. The number of rotatable bonds is 6. The Morgan fingerprint density at radius 1 is 1.12 bits per heavy atom. The van der Waals surface area contributed by atoms with Gasteiger partial charge in [0.1, 0.15) is 5.75 Å². The lowest BCUT2D eigenvalue weighted by molar-refractivity contribution is -0.118. The highest BCUT2D eigenvalue weighted by molar-refractivity contribution is 5.90. The molecule has 0 fully saturated rings. The van der Waals surface area contributed by atoms with Crippen molar-refractivity contribution < 1.29 is 9.53 Å². The van der Waals surface area contributed by atoms with Crippen LogP contribution in [0.4, 0.5) is 5.82 Å².